The predicted molar refractivity (Wildman–Crippen MR) is 135 cm³/mol. The molecule has 8 heteroatoms. The lowest BCUT2D eigenvalue weighted by Gasteiger charge is -2.24. The van der Waals surface area contributed by atoms with Gasteiger partial charge in [-0.05, 0) is 72.0 Å². The number of hydrogen-bond acceptors (Lipinski definition) is 5. The van der Waals surface area contributed by atoms with Crippen LogP contribution in [-0.2, 0) is 24.4 Å². The van der Waals surface area contributed by atoms with E-state index in [4.69, 9.17) is 4.74 Å². The van der Waals surface area contributed by atoms with Crippen LogP contribution >= 0.6 is 0 Å². The summed E-state index contributed by atoms with van der Waals surface area (Å²) in [5.41, 5.74) is 5.88. The Balaban J connectivity index is 1.13. The Labute approximate surface area is 208 Å². The summed E-state index contributed by atoms with van der Waals surface area (Å²) in [5, 5.41) is 9.03. The van der Waals surface area contributed by atoms with E-state index in [0.29, 0.717) is 29.1 Å². The van der Waals surface area contributed by atoms with Gasteiger partial charge in [-0.2, -0.15) is 0 Å². The molecule has 3 aromatic carbocycles. The van der Waals surface area contributed by atoms with Crippen molar-refractivity contribution in [3.05, 3.63) is 88.5 Å². The minimum absolute atomic E-state index is 0.0550. The van der Waals surface area contributed by atoms with E-state index >= 15 is 0 Å². The van der Waals surface area contributed by atoms with Gasteiger partial charge in [0.2, 0.25) is 0 Å². The molecule has 2 heterocycles. The van der Waals surface area contributed by atoms with Crippen LogP contribution in [-0.4, -0.2) is 35.3 Å². The van der Waals surface area contributed by atoms with Gasteiger partial charge in [-0.15, -0.1) is 0 Å². The number of nitrogens with zero attached hydrogens (tertiary/aromatic N) is 1. The molecule has 1 aliphatic carbocycles. The zero-order valence-corrected chi connectivity index (χ0v) is 19.7. The minimum atomic E-state index is -0.206. The zero-order valence-electron chi connectivity index (χ0n) is 19.7. The molecule has 0 atom stereocenters. The van der Waals surface area contributed by atoms with E-state index in [1.165, 1.54) is 11.1 Å². The second-order valence-corrected chi connectivity index (χ2v) is 9.45. The molecule has 3 aliphatic rings. The molecule has 0 bridgehead atoms. The first-order chi connectivity index (χ1) is 17.5. The van der Waals surface area contributed by atoms with Gasteiger partial charge in [0.25, 0.3) is 17.7 Å². The molecule has 182 valence electrons. The van der Waals surface area contributed by atoms with Gasteiger partial charge in [0.1, 0.15) is 5.75 Å². The van der Waals surface area contributed by atoms with E-state index in [1.54, 1.807) is 30.3 Å². The second kappa shape index (κ2) is 9.13. The van der Waals surface area contributed by atoms with Crippen molar-refractivity contribution in [3.63, 3.8) is 0 Å². The smallest absolute Gasteiger partial charge is 0.262 e. The Morgan fingerprint density at radius 3 is 2.53 bits per heavy atom. The van der Waals surface area contributed by atoms with Crippen LogP contribution in [0.2, 0.25) is 0 Å². The topological polar surface area (TPSA) is 99.8 Å². The molecular weight excluding hydrogens is 456 g/mol. The number of benzene rings is 3. The van der Waals surface area contributed by atoms with Gasteiger partial charge < -0.3 is 25.6 Å². The Bertz CT molecular complexity index is 1360. The normalized spacial score (nSPS) is 15.8. The van der Waals surface area contributed by atoms with Crippen LogP contribution in [0.1, 0.15) is 50.2 Å². The fraction of sp³-hybridized carbons (Fsp3) is 0.250. The Hall–Kier alpha value is -4.17. The van der Waals surface area contributed by atoms with Crippen LogP contribution in [0.4, 0.5) is 11.4 Å². The van der Waals surface area contributed by atoms with Crippen molar-refractivity contribution in [2.45, 2.75) is 38.5 Å². The number of anilines is 2. The van der Waals surface area contributed by atoms with Crippen LogP contribution in [0.5, 0.6) is 5.75 Å². The van der Waals surface area contributed by atoms with Gasteiger partial charge in [-0.1, -0.05) is 18.2 Å². The van der Waals surface area contributed by atoms with Crippen molar-refractivity contribution in [1.29, 1.82) is 0 Å². The van der Waals surface area contributed by atoms with E-state index < -0.39 is 0 Å². The molecule has 36 heavy (non-hydrogen) atoms. The SMILES string of the molecule is O=C1COc2cc(C(=O)N(Cc3ccc(C(=O)Nc4ccc5c(c4)CNC5)cc3)C3CC3)ccc2N1. The molecule has 3 N–H and O–H groups in total. The predicted octanol–water partition coefficient (Wildman–Crippen LogP) is 3.68. The average Bonchev–Trinajstić information content (AvgIpc) is 3.63. The van der Waals surface area contributed by atoms with Crippen molar-refractivity contribution in [2.24, 2.45) is 0 Å². The summed E-state index contributed by atoms with van der Waals surface area (Å²) in [6.07, 6.45) is 1.94. The molecule has 3 aromatic rings. The molecule has 1 saturated carbocycles. The van der Waals surface area contributed by atoms with Gasteiger partial charge in [0.05, 0.1) is 5.69 Å². The molecule has 0 unspecified atom stereocenters. The molecule has 1 fully saturated rings. The molecule has 2 aliphatic heterocycles. The lowest BCUT2D eigenvalue weighted by Crippen LogP contribution is -2.33. The second-order valence-electron chi connectivity index (χ2n) is 9.45. The molecule has 0 radical (unpaired) electrons. The largest absolute Gasteiger partial charge is 0.482 e. The fourth-order valence-electron chi connectivity index (χ4n) is 4.66. The first kappa shape index (κ1) is 22.3. The van der Waals surface area contributed by atoms with Crippen molar-refractivity contribution >= 4 is 29.1 Å². The zero-order chi connectivity index (χ0) is 24.6. The maximum Gasteiger partial charge on any atom is 0.262 e. The fourth-order valence-corrected chi connectivity index (χ4v) is 4.66. The van der Waals surface area contributed by atoms with Crippen LogP contribution < -0.4 is 20.7 Å². The van der Waals surface area contributed by atoms with Crippen molar-refractivity contribution in [3.8, 4) is 5.75 Å². The third-order valence-electron chi connectivity index (χ3n) is 6.77. The molecule has 8 nitrogen and oxygen atoms in total. The lowest BCUT2D eigenvalue weighted by molar-refractivity contribution is -0.118. The molecule has 6 rings (SSSR count). The molecule has 0 aromatic heterocycles. The van der Waals surface area contributed by atoms with Gasteiger partial charge in [-0.3, -0.25) is 14.4 Å². The van der Waals surface area contributed by atoms with E-state index in [1.807, 2.05) is 35.2 Å². The van der Waals surface area contributed by atoms with Gasteiger partial charge >= 0.3 is 0 Å². The summed E-state index contributed by atoms with van der Waals surface area (Å²) in [7, 11) is 0. The highest BCUT2D eigenvalue weighted by atomic mass is 16.5. The number of carbonyl (C=O) groups excluding carboxylic acids is 3. The van der Waals surface area contributed by atoms with Crippen molar-refractivity contribution in [1.82, 2.24) is 10.2 Å². The molecule has 0 spiro atoms. The Morgan fingerprint density at radius 1 is 0.944 bits per heavy atom. The van der Waals surface area contributed by atoms with E-state index in [-0.39, 0.29) is 30.4 Å². The highest BCUT2D eigenvalue weighted by Crippen LogP contribution is 2.33. The number of fused-ring (bicyclic) bond motifs is 2. The summed E-state index contributed by atoms with van der Waals surface area (Å²) in [4.78, 5) is 39.5. The number of amides is 3. The third kappa shape index (κ3) is 4.55. The van der Waals surface area contributed by atoms with Crippen LogP contribution in [0.25, 0.3) is 0 Å². The summed E-state index contributed by atoms with van der Waals surface area (Å²) in [5.74, 6) is 0.0616. The van der Waals surface area contributed by atoms with E-state index in [0.717, 1.165) is 37.2 Å². The maximum atomic E-state index is 13.4. The summed E-state index contributed by atoms with van der Waals surface area (Å²) < 4.78 is 5.48. The Kier molecular flexibility index (Phi) is 5.65. The molecule has 0 saturated heterocycles. The van der Waals surface area contributed by atoms with Gasteiger partial charge in [0, 0.05) is 42.5 Å². The average molecular weight is 483 g/mol. The van der Waals surface area contributed by atoms with E-state index in [9.17, 15) is 14.4 Å². The summed E-state index contributed by atoms with van der Waals surface area (Å²) >= 11 is 0. The Morgan fingerprint density at radius 2 is 1.72 bits per heavy atom. The van der Waals surface area contributed by atoms with Crippen LogP contribution in [0.3, 0.4) is 0 Å². The van der Waals surface area contributed by atoms with Crippen molar-refractivity contribution < 1.29 is 19.1 Å². The van der Waals surface area contributed by atoms with Crippen LogP contribution in [0, 0.1) is 0 Å². The third-order valence-corrected chi connectivity index (χ3v) is 6.77. The van der Waals surface area contributed by atoms with Crippen LogP contribution in [0.15, 0.2) is 60.7 Å². The number of rotatable bonds is 6. The molecule has 3 amide bonds. The highest BCUT2D eigenvalue weighted by Gasteiger charge is 2.33. The quantitative estimate of drug-likeness (QED) is 0.498. The lowest BCUT2D eigenvalue weighted by atomic mass is 10.1. The van der Waals surface area contributed by atoms with E-state index in [2.05, 4.69) is 16.0 Å². The van der Waals surface area contributed by atoms with Crippen molar-refractivity contribution in [2.75, 3.05) is 17.2 Å². The van der Waals surface area contributed by atoms with Gasteiger partial charge in [-0.25, -0.2) is 0 Å². The molecular formula is C28H26N4O4. The number of ether oxygens (including phenoxy) is 1. The summed E-state index contributed by atoms with van der Waals surface area (Å²) in [6.45, 7) is 2.08. The first-order valence-electron chi connectivity index (χ1n) is 12.1. The first-order valence-corrected chi connectivity index (χ1v) is 12.1. The number of carbonyl (C=O) groups is 3. The number of hydrogen-bond donors (Lipinski definition) is 3. The minimum Gasteiger partial charge on any atom is -0.482 e. The number of nitrogens with one attached hydrogen (secondary N) is 3. The monoisotopic (exact) mass is 482 g/mol. The maximum absolute atomic E-state index is 13.4. The standard InChI is InChI=1S/C28H26N4O4/c33-26-16-36-25-12-19(6-10-24(25)31-26)28(35)32(23-8-9-23)15-17-1-3-18(4-2-17)27(34)30-22-7-5-20-13-29-14-21(20)11-22/h1-7,10-12,23,29H,8-9,13-16H2,(H,30,34)(H,31,33). The summed E-state index contributed by atoms with van der Waals surface area (Å²) in [6, 6.07) is 18.7. The van der Waals surface area contributed by atoms with Gasteiger partial charge in [0.15, 0.2) is 6.61 Å². The highest BCUT2D eigenvalue weighted by molar-refractivity contribution is 6.04.